The number of amidine groups is 1. The van der Waals surface area contributed by atoms with E-state index in [0.717, 1.165) is 5.56 Å². The predicted molar refractivity (Wildman–Crippen MR) is 76.9 cm³/mol. The van der Waals surface area contributed by atoms with Gasteiger partial charge >= 0.3 is 0 Å². The summed E-state index contributed by atoms with van der Waals surface area (Å²) in [4.78, 5) is 11.5. The van der Waals surface area contributed by atoms with Gasteiger partial charge in [-0.1, -0.05) is 11.6 Å². The molecule has 2 aromatic rings. The fourth-order valence-electron chi connectivity index (χ4n) is 1.83. The van der Waals surface area contributed by atoms with Gasteiger partial charge < -0.3 is 10.2 Å². The highest BCUT2D eigenvalue weighted by molar-refractivity contribution is 6.30. The molecule has 3 rings (SSSR count). The quantitative estimate of drug-likeness (QED) is 0.832. The molecule has 3 N–H and O–H groups in total. The second kappa shape index (κ2) is 4.86. The van der Waals surface area contributed by atoms with Crippen LogP contribution in [0.25, 0.3) is 17.4 Å². The lowest BCUT2D eigenvalue weighted by Crippen LogP contribution is -2.16. The van der Waals surface area contributed by atoms with E-state index < -0.39 is 0 Å². The van der Waals surface area contributed by atoms with Crippen molar-refractivity contribution in [2.24, 2.45) is 10.8 Å². The van der Waals surface area contributed by atoms with Gasteiger partial charge in [0.05, 0.1) is 5.57 Å². The van der Waals surface area contributed by atoms with Crippen molar-refractivity contribution in [3.8, 4) is 11.3 Å². The van der Waals surface area contributed by atoms with Gasteiger partial charge in [0.25, 0.3) is 5.91 Å². The van der Waals surface area contributed by atoms with Gasteiger partial charge in [0.2, 0.25) is 0 Å². The minimum Gasteiger partial charge on any atom is -0.457 e. The van der Waals surface area contributed by atoms with E-state index in [1.54, 1.807) is 24.3 Å². The number of halogens is 1. The third kappa shape index (κ3) is 2.31. The van der Waals surface area contributed by atoms with Gasteiger partial charge in [0.1, 0.15) is 11.5 Å². The standard InChI is InChI=1S/C14H10ClN3O2/c15-9-3-1-8(2-4-9)12-6-5-10(20-12)7-11-13(16)17-18-14(11)19/h1-7H,(H2,16,17)(H,18,19)/b11-7+. The number of hydrogen-bond acceptors (Lipinski definition) is 4. The van der Waals surface area contributed by atoms with Crippen molar-refractivity contribution >= 4 is 29.4 Å². The zero-order chi connectivity index (χ0) is 14.1. The first-order valence-corrected chi connectivity index (χ1v) is 6.22. The van der Waals surface area contributed by atoms with Crippen LogP contribution in [0.15, 0.2) is 51.5 Å². The summed E-state index contributed by atoms with van der Waals surface area (Å²) in [5.41, 5.74) is 9.07. The Labute approximate surface area is 119 Å². The number of benzene rings is 1. The average molecular weight is 288 g/mol. The van der Waals surface area contributed by atoms with Crippen molar-refractivity contribution in [3.05, 3.63) is 52.8 Å². The molecule has 20 heavy (non-hydrogen) atoms. The molecule has 6 heteroatoms. The van der Waals surface area contributed by atoms with Crippen LogP contribution in [0.3, 0.4) is 0 Å². The number of nitrogens with two attached hydrogens (primary N) is 1. The van der Waals surface area contributed by atoms with Crippen LogP contribution in [0.5, 0.6) is 0 Å². The fourth-order valence-corrected chi connectivity index (χ4v) is 1.96. The highest BCUT2D eigenvalue weighted by Gasteiger charge is 2.20. The second-order valence-electron chi connectivity index (χ2n) is 4.20. The van der Waals surface area contributed by atoms with Crippen molar-refractivity contribution in [1.29, 1.82) is 0 Å². The summed E-state index contributed by atoms with van der Waals surface area (Å²) in [6, 6.07) is 10.9. The number of carbonyl (C=O) groups excluding carboxylic acids is 1. The molecule has 1 aliphatic heterocycles. The number of rotatable bonds is 2. The molecule has 0 aliphatic carbocycles. The molecular formula is C14H10ClN3O2. The molecule has 5 nitrogen and oxygen atoms in total. The maximum absolute atomic E-state index is 11.5. The molecule has 0 saturated heterocycles. The SMILES string of the molecule is NC1=NNC(=O)/C1=C/c1ccc(-c2ccc(Cl)cc2)o1. The summed E-state index contributed by atoms with van der Waals surface area (Å²) >= 11 is 5.84. The Bertz CT molecular complexity index is 729. The topological polar surface area (TPSA) is 80.6 Å². The van der Waals surface area contributed by atoms with Crippen LogP contribution in [0, 0.1) is 0 Å². The van der Waals surface area contributed by atoms with Gasteiger partial charge in [0, 0.05) is 10.6 Å². The van der Waals surface area contributed by atoms with Crippen molar-refractivity contribution in [2.75, 3.05) is 0 Å². The lowest BCUT2D eigenvalue weighted by Gasteiger charge is -1.97. The molecule has 0 atom stereocenters. The molecule has 0 saturated carbocycles. The summed E-state index contributed by atoms with van der Waals surface area (Å²) in [6.45, 7) is 0. The molecule has 1 amide bonds. The monoisotopic (exact) mass is 287 g/mol. The molecule has 1 aromatic carbocycles. The highest BCUT2D eigenvalue weighted by Crippen LogP contribution is 2.25. The maximum Gasteiger partial charge on any atom is 0.275 e. The first kappa shape index (κ1) is 12.5. The molecule has 2 heterocycles. The number of nitrogens with one attached hydrogen (secondary N) is 1. The molecule has 0 radical (unpaired) electrons. The highest BCUT2D eigenvalue weighted by atomic mass is 35.5. The largest absolute Gasteiger partial charge is 0.457 e. The zero-order valence-electron chi connectivity index (χ0n) is 10.3. The number of amides is 1. The predicted octanol–water partition coefficient (Wildman–Crippen LogP) is 2.39. The molecule has 100 valence electrons. The van der Waals surface area contributed by atoms with Crippen LogP contribution >= 0.6 is 11.6 Å². The molecular weight excluding hydrogens is 278 g/mol. The van der Waals surface area contributed by atoms with Crippen LogP contribution in [0.2, 0.25) is 5.02 Å². The first-order valence-electron chi connectivity index (χ1n) is 5.85. The summed E-state index contributed by atoms with van der Waals surface area (Å²) < 4.78 is 5.66. The summed E-state index contributed by atoms with van der Waals surface area (Å²) in [5, 5.41) is 4.30. The van der Waals surface area contributed by atoms with E-state index in [2.05, 4.69) is 10.5 Å². The van der Waals surface area contributed by atoms with Gasteiger partial charge in [-0.25, -0.2) is 5.43 Å². The lowest BCUT2D eigenvalue weighted by molar-refractivity contribution is -0.116. The molecule has 0 spiro atoms. The van der Waals surface area contributed by atoms with Gasteiger partial charge in [-0.05, 0) is 42.5 Å². The van der Waals surface area contributed by atoms with E-state index in [9.17, 15) is 4.79 Å². The minimum atomic E-state index is -0.341. The minimum absolute atomic E-state index is 0.152. The smallest absolute Gasteiger partial charge is 0.275 e. The number of furan rings is 1. The molecule has 1 aromatic heterocycles. The van der Waals surface area contributed by atoms with E-state index in [1.807, 2.05) is 18.2 Å². The van der Waals surface area contributed by atoms with E-state index >= 15 is 0 Å². The van der Waals surface area contributed by atoms with E-state index in [-0.39, 0.29) is 11.7 Å². The Balaban J connectivity index is 1.91. The Hall–Kier alpha value is -2.53. The van der Waals surface area contributed by atoms with Crippen LogP contribution in [0.4, 0.5) is 0 Å². The number of carbonyl (C=O) groups is 1. The lowest BCUT2D eigenvalue weighted by atomic mass is 10.2. The first-order chi connectivity index (χ1) is 9.63. The molecule has 0 unspecified atom stereocenters. The van der Waals surface area contributed by atoms with Crippen molar-refractivity contribution < 1.29 is 9.21 Å². The van der Waals surface area contributed by atoms with E-state index in [1.165, 1.54) is 0 Å². The molecule has 1 aliphatic rings. The van der Waals surface area contributed by atoms with Gasteiger partial charge in [-0.3, -0.25) is 4.79 Å². The Morgan fingerprint density at radius 2 is 1.95 bits per heavy atom. The number of nitrogens with zero attached hydrogens (tertiary/aromatic N) is 1. The van der Waals surface area contributed by atoms with Crippen molar-refractivity contribution in [1.82, 2.24) is 5.43 Å². The van der Waals surface area contributed by atoms with Crippen LogP contribution in [-0.2, 0) is 4.79 Å². The average Bonchev–Trinajstić information content (AvgIpc) is 3.02. The van der Waals surface area contributed by atoms with Crippen LogP contribution < -0.4 is 11.2 Å². The van der Waals surface area contributed by atoms with Crippen molar-refractivity contribution in [3.63, 3.8) is 0 Å². The molecule has 0 bridgehead atoms. The van der Waals surface area contributed by atoms with Crippen LogP contribution in [0.1, 0.15) is 5.76 Å². The fraction of sp³-hybridized carbons (Fsp3) is 0. The third-order valence-electron chi connectivity index (χ3n) is 2.84. The molecule has 0 fully saturated rings. The van der Waals surface area contributed by atoms with E-state index in [0.29, 0.717) is 22.1 Å². The summed E-state index contributed by atoms with van der Waals surface area (Å²) in [7, 11) is 0. The Morgan fingerprint density at radius 3 is 2.60 bits per heavy atom. The summed E-state index contributed by atoms with van der Waals surface area (Å²) in [5.74, 6) is 1.02. The van der Waals surface area contributed by atoms with Crippen LogP contribution in [-0.4, -0.2) is 11.7 Å². The third-order valence-corrected chi connectivity index (χ3v) is 3.09. The normalized spacial score (nSPS) is 16.4. The number of hydrazone groups is 1. The van der Waals surface area contributed by atoms with Gasteiger partial charge in [0.15, 0.2) is 5.84 Å². The zero-order valence-corrected chi connectivity index (χ0v) is 11.0. The van der Waals surface area contributed by atoms with Gasteiger partial charge in [-0.15, -0.1) is 0 Å². The Kier molecular flexibility index (Phi) is 3.04. The van der Waals surface area contributed by atoms with Gasteiger partial charge in [-0.2, -0.15) is 5.10 Å². The van der Waals surface area contributed by atoms with E-state index in [4.69, 9.17) is 21.8 Å². The number of hydrogen-bond donors (Lipinski definition) is 2. The maximum atomic E-state index is 11.5. The Morgan fingerprint density at radius 1 is 1.20 bits per heavy atom. The summed E-state index contributed by atoms with van der Waals surface area (Å²) in [6.07, 6.45) is 1.56. The second-order valence-corrected chi connectivity index (χ2v) is 4.64. The van der Waals surface area contributed by atoms with Crippen molar-refractivity contribution in [2.45, 2.75) is 0 Å².